The van der Waals surface area contributed by atoms with Gasteiger partial charge in [0.15, 0.2) is 5.69 Å². The van der Waals surface area contributed by atoms with E-state index in [0.29, 0.717) is 29.4 Å². The Morgan fingerprint density at radius 1 is 1.24 bits per heavy atom. The Hall–Kier alpha value is -4.53. The summed E-state index contributed by atoms with van der Waals surface area (Å²) in [5.74, 6) is -0.202. The topological polar surface area (TPSA) is 157 Å². The lowest BCUT2D eigenvalue weighted by molar-refractivity contribution is 0.0996. The third-order valence-electron chi connectivity index (χ3n) is 5.41. The van der Waals surface area contributed by atoms with Gasteiger partial charge in [-0.05, 0) is 42.3 Å². The molecule has 1 amide bonds. The maximum atomic E-state index is 12.2. The number of H-pyrrole nitrogens is 1. The first kappa shape index (κ1) is 22.7. The number of pyridine rings is 2. The van der Waals surface area contributed by atoms with Gasteiger partial charge in [0, 0.05) is 29.1 Å². The van der Waals surface area contributed by atoms with E-state index in [1.807, 2.05) is 32.1 Å². The number of allylic oxidation sites excluding steroid dienone is 1. The highest BCUT2D eigenvalue weighted by molar-refractivity contribution is 6.05. The first-order chi connectivity index (χ1) is 16.4. The van der Waals surface area contributed by atoms with Crippen LogP contribution in [0.3, 0.4) is 0 Å². The highest BCUT2D eigenvalue weighted by Gasteiger charge is 2.20. The van der Waals surface area contributed by atoms with Gasteiger partial charge in [-0.25, -0.2) is 9.97 Å². The zero-order valence-corrected chi connectivity index (χ0v) is 18.9. The van der Waals surface area contributed by atoms with Crippen LogP contribution < -0.4 is 16.2 Å². The maximum Gasteiger partial charge on any atom is 0.269 e. The van der Waals surface area contributed by atoms with Crippen molar-refractivity contribution in [1.82, 2.24) is 20.2 Å². The zero-order chi connectivity index (χ0) is 24.2. The summed E-state index contributed by atoms with van der Waals surface area (Å²) in [5.41, 5.74) is 16.4. The Kier molecular flexibility index (Phi) is 6.35. The summed E-state index contributed by atoms with van der Waals surface area (Å²) in [6.07, 6.45) is 6.48. The molecule has 4 rings (SSSR count). The molecule has 6 N–H and O–H groups in total. The molecule has 9 nitrogen and oxygen atoms in total. The quantitative estimate of drug-likeness (QED) is 0.295. The Bertz CT molecular complexity index is 1410. The molecule has 0 aliphatic carbocycles. The van der Waals surface area contributed by atoms with Crippen LogP contribution in [0, 0.1) is 18.3 Å². The molecule has 1 aromatic carbocycles. The number of benzene rings is 1. The molecule has 0 aliphatic heterocycles. The molecule has 0 saturated heterocycles. The highest BCUT2D eigenvalue weighted by atomic mass is 16.5. The van der Waals surface area contributed by atoms with E-state index in [9.17, 15) is 4.79 Å². The van der Waals surface area contributed by atoms with Crippen LogP contribution in [0.25, 0.3) is 33.4 Å². The SMILES string of the molecule is Cc1ccc2[nH]ncc2c1-c1cc(-c2cccc(OCC(C)/C=C\C=N)n2)nc(C(N)=O)c1N. The van der Waals surface area contributed by atoms with Gasteiger partial charge in [-0.15, -0.1) is 0 Å². The molecule has 0 fully saturated rings. The zero-order valence-electron chi connectivity index (χ0n) is 18.9. The van der Waals surface area contributed by atoms with E-state index in [4.69, 9.17) is 21.6 Å². The summed E-state index contributed by atoms with van der Waals surface area (Å²) in [6, 6.07) is 11.0. The van der Waals surface area contributed by atoms with Crippen LogP contribution in [0.15, 0.2) is 54.7 Å². The van der Waals surface area contributed by atoms with Crippen molar-refractivity contribution in [2.45, 2.75) is 13.8 Å². The Balaban J connectivity index is 1.80. The standard InChI is InChI=1S/C25H25N7O2/c1-14(5-4-10-26)13-34-21-7-3-6-19(30-21)20-11-16(23(27)24(31-20)25(28)33)22-15(2)8-9-18-17(22)12-29-32-18/h3-12,14,26H,13,27H2,1-2H3,(H2,28,33)(H,29,32)/b5-4-,26-10?. The maximum absolute atomic E-state index is 12.2. The average Bonchev–Trinajstić information content (AvgIpc) is 3.30. The van der Waals surface area contributed by atoms with Crippen molar-refractivity contribution in [3.63, 3.8) is 0 Å². The lowest BCUT2D eigenvalue weighted by Crippen LogP contribution is -2.17. The van der Waals surface area contributed by atoms with E-state index in [1.165, 1.54) is 6.21 Å². The van der Waals surface area contributed by atoms with Crippen molar-refractivity contribution >= 4 is 28.7 Å². The fourth-order valence-corrected chi connectivity index (χ4v) is 3.72. The van der Waals surface area contributed by atoms with Gasteiger partial charge in [-0.2, -0.15) is 5.10 Å². The second kappa shape index (κ2) is 9.53. The molecule has 3 aromatic heterocycles. The van der Waals surface area contributed by atoms with Crippen LogP contribution in [-0.2, 0) is 0 Å². The van der Waals surface area contributed by atoms with Gasteiger partial charge < -0.3 is 21.6 Å². The predicted molar refractivity (Wildman–Crippen MR) is 133 cm³/mol. The number of fused-ring (bicyclic) bond motifs is 1. The number of nitrogens with two attached hydrogens (primary N) is 2. The summed E-state index contributed by atoms with van der Waals surface area (Å²) < 4.78 is 5.82. The normalized spacial score (nSPS) is 12.2. The molecule has 0 spiro atoms. The van der Waals surface area contributed by atoms with Gasteiger partial charge in [0.1, 0.15) is 0 Å². The number of primary amides is 1. The van der Waals surface area contributed by atoms with Gasteiger partial charge in [-0.3, -0.25) is 9.89 Å². The number of aromatic amines is 1. The van der Waals surface area contributed by atoms with Crippen molar-refractivity contribution in [2.24, 2.45) is 11.7 Å². The van der Waals surface area contributed by atoms with E-state index in [0.717, 1.165) is 22.0 Å². The van der Waals surface area contributed by atoms with Crippen molar-refractivity contribution in [2.75, 3.05) is 12.3 Å². The fourth-order valence-electron chi connectivity index (χ4n) is 3.72. The van der Waals surface area contributed by atoms with Gasteiger partial charge >= 0.3 is 0 Å². The molecule has 1 atom stereocenters. The van der Waals surface area contributed by atoms with E-state index in [-0.39, 0.29) is 17.3 Å². The molecular formula is C25H25N7O2. The Morgan fingerprint density at radius 3 is 2.82 bits per heavy atom. The van der Waals surface area contributed by atoms with Crippen molar-refractivity contribution in [3.05, 3.63) is 66.0 Å². The van der Waals surface area contributed by atoms with Gasteiger partial charge in [0.05, 0.1) is 35.4 Å². The number of aryl methyl sites for hydroxylation is 1. The van der Waals surface area contributed by atoms with E-state index >= 15 is 0 Å². The average molecular weight is 456 g/mol. The fraction of sp³-hybridized carbons (Fsp3) is 0.160. The van der Waals surface area contributed by atoms with Gasteiger partial charge in [0.2, 0.25) is 5.88 Å². The first-order valence-corrected chi connectivity index (χ1v) is 10.7. The lowest BCUT2D eigenvalue weighted by Gasteiger charge is -2.15. The summed E-state index contributed by atoms with van der Waals surface area (Å²) >= 11 is 0. The van der Waals surface area contributed by atoms with Crippen molar-refractivity contribution in [3.8, 4) is 28.4 Å². The summed E-state index contributed by atoms with van der Waals surface area (Å²) in [4.78, 5) is 21.2. The van der Waals surface area contributed by atoms with Crippen LogP contribution in [0.2, 0.25) is 0 Å². The number of nitrogen functional groups attached to an aromatic ring is 1. The largest absolute Gasteiger partial charge is 0.477 e. The summed E-state index contributed by atoms with van der Waals surface area (Å²) in [6.45, 7) is 4.34. The number of hydrogen-bond acceptors (Lipinski definition) is 7. The number of carbonyl (C=O) groups is 1. The smallest absolute Gasteiger partial charge is 0.269 e. The third-order valence-corrected chi connectivity index (χ3v) is 5.41. The van der Waals surface area contributed by atoms with Crippen molar-refractivity contribution < 1.29 is 9.53 Å². The van der Waals surface area contributed by atoms with Crippen LogP contribution in [0.4, 0.5) is 5.69 Å². The number of aromatic nitrogens is 4. The Labute approximate surface area is 196 Å². The number of nitrogens with zero attached hydrogens (tertiary/aromatic N) is 3. The van der Waals surface area contributed by atoms with Crippen LogP contribution in [0.1, 0.15) is 23.0 Å². The number of nitrogens with one attached hydrogen (secondary N) is 2. The summed E-state index contributed by atoms with van der Waals surface area (Å²) in [5, 5.41) is 15.1. The highest BCUT2D eigenvalue weighted by Crippen LogP contribution is 2.37. The minimum Gasteiger partial charge on any atom is -0.477 e. The summed E-state index contributed by atoms with van der Waals surface area (Å²) in [7, 11) is 0. The molecular weight excluding hydrogens is 430 g/mol. The molecule has 34 heavy (non-hydrogen) atoms. The lowest BCUT2D eigenvalue weighted by atomic mass is 9.94. The second-order valence-electron chi connectivity index (χ2n) is 7.97. The van der Waals surface area contributed by atoms with E-state index in [1.54, 1.807) is 36.5 Å². The van der Waals surface area contributed by atoms with Gasteiger partial charge in [-0.1, -0.05) is 25.1 Å². The van der Waals surface area contributed by atoms with E-state index < -0.39 is 5.91 Å². The van der Waals surface area contributed by atoms with E-state index in [2.05, 4.69) is 20.2 Å². The number of ether oxygens (including phenoxy) is 1. The molecule has 1 unspecified atom stereocenters. The molecule has 4 aromatic rings. The first-order valence-electron chi connectivity index (χ1n) is 10.7. The molecule has 9 heteroatoms. The van der Waals surface area contributed by atoms with Crippen LogP contribution in [0.5, 0.6) is 5.88 Å². The minimum atomic E-state index is -0.725. The number of carbonyl (C=O) groups excluding carboxylic acids is 1. The molecule has 0 saturated carbocycles. The number of amides is 1. The molecule has 0 radical (unpaired) electrons. The molecule has 0 bridgehead atoms. The third kappa shape index (κ3) is 4.49. The Morgan fingerprint density at radius 2 is 2.06 bits per heavy atom. The molecule has 3 heterocycles. The number of anilines is 1. The molecule has 172 valence electrons. The number of rotatable bonds is 8. The second-order valence-corrected chi connectivity index (χ2v) is 7.97. The predicted octanol–water partition coefficient (Wildman–Crippen LogP) is 3.90. The van der Waals surface area contributed by atoms with Gasteiger partial charge in [0.25, 0.3) is 5.91 Å². The molecule has 0 aliphatic rings. The van der Waals surface area contributed by atoms with Crippen molar-refractivity contribution in [1.29, 1.82) is 5.41 Å². The van der Waals surface area contributed by atoms with Crippen LogP contribution in [-0.4, -0.2) is 38.9 Å². The van der Waals surface area contributed by atoms with Crippen LogP contribution >= 0.6 is 0 Å². The number of hydrogen-bond donors (Lipinski definition) is 4. The minimum absolute atomic E-state index is 0.0223. The monoisotopic (exact) mass is 455 g/mol.